The maximum atomic E-state index is 13.1. The number of rotatable bonds is 5. The highest BCUT2D eigenvalue weighted by atomic mass is 35.5. The van der Waals surface area contributed by atoms with Gasteiger partial charge in [-0.05, 0) is 63.6 Å². The third-order valence-electron chi connectivity index (χ3n) is 6.00. The van der Waals surface area contributed by atoms with Crippen LogP contribution in [0.3, 0.4) is 0 Å². The van der Waals surface area contributed by atoms with E-state index in [1.807, 2.05) is 13.8 Å². The van der Waals surface area contributed by atoms with E-state index in [-0.39, 0.29) is 47.6 Å². The Balaban J connectivity index is 0.00000240. The van der Waals surface area contributed by atoms with Crippen LogP contribution in [0.5, 0.6) is 0 Å². The molecule has 4 rings (SSSR count). The summed E-state index contributed by atoms with van der Waals surface area (Å²) >= 11 is 0. The van der Waals surface area contributed by atoms with Crippen molar-refractivity contribution in [3.05, 3.63) is 39.0 Å². The van der Waals surface area contributed by atoms with Gasteiger partial charge in [0.1, 0.15) is 0 Å². The number of nitrogens with one attached hydrogen (secondary N) is 1. The van der Waals surface area contributed by atoms with Crippen molar-refractivity contribution >= 4 is 34.9 Å². The van der Waals surface area contributed by atoms with Gasteiger partial charge in [0.15, 0.2) is 0 Å². The number of nitrogens with zero attached hydrogens (tertiary/aromatic N) is 2. The second-order valence-electron chi connectivity index (χ2n) is 8.53. The number of fused-ring (bicyclic) bond motifs is 1. The summed E-state index contributed by atoms with van der Waals surface area (Å²) in [5, 5.41) is 3.38. The van der Waals surface area contributed by atoms with Crippen LogP contribution < -0.4 is 22.3 Å². The number of benzene rings is 1. The smallest absolute Gasteiger partial charge is 0.327 e. The fourth-order valence-electron chi connectivity index (χ4n) is 4.23. The number of aromatic nitrogens is 2. The number of nitrogens with two attached hydrogens (primary N) is 1. The number of hydrogen-bond acceptors (Lipinski definition) is 4. The number of carbonyl (C=O) groups is 1. The molecular formula is C21H29ClN4O3. The number of hydrogen-bond donors (Lipinski definition) is 2. The van der Waals surface area contributed by atoms with Gasteiger partial charge >= 0.3 is 5.69 Å². The van der Waals surface area contributed by atoms with E-state index in [1.54, 1.807) is 22.8 Å². The Morgan fingerprint density at radius 3 is 2.52 bits per heavy atom. The zero-order valence-corrected chi connectivity index (χ0v) is 17.7. The molecule has 1 amide bonds. The van der Waals surface area contributed by atoms with Crippen molar-refractivity contribution in [3.8, 4) is 0 Å². The molecule has 2 unspecified atom stereocenters. The molecule has 1 aromatic heterocycles. The molecule has 2 aromatic rings. The normalized spacial score (nSPS) is 21.4. The average Bonchev–Trinajstić information content (AvgIpc) is 3.37. The predicted octanol–water partition coefficient (Wildman–Crippen LogP) is 2.64. The molecule has 29 heavy (non-hydrogen) atoms. The van der Waals surface area contributed by atoms with Gasteiger partial charge in [-0.3, -0.25) is 18.7 Å². The van der Waals surface area contributed by atoms with Crippen LogP contribution in [-0.4, -0.2) is 21.1 Å². The van der Waals surface area contributed by atoms with E-state index < -0.39 is 0 Å². The van der Waals surface area contributed by atoms with Crippen LogP contribution in [-0.2, 0) is 11.3 Å². The minimum absolute atomic E-state index is 0. The number of halogens is 1. The lowest BCUT2D eigenvalue weighted by atomic mass is 10.0. The molecule has 0 radical (unpaired) electrons. The van der Waals surface area contributed by atoms with Crippen LogP contribution >= 0.6 is 12.4 Å². The first-order valence-corrected chi connectivity index (χ1v) is 10.2. The van der Waals surface area contributed by atoms with E-state index in [4.69, 9.17) is 5.73 Å². The Morgan fingerprint density at radius 2 is 1.93 bits per heavy atom. The molecule has 7 nitrogen and oxygen atoms in total. The van der Waals surface area contributed by atoms with Gasteiger partial charge in [-0.25, -0.2) is 4.79 Å². The maximum absolute atomic E-state index is 13.1. The third-order valence-corrected chi connectivity index (χ3v) is 6.00. The average molecular weight is 421 g/mol. The third kappa shape index (κ3) is 4.12. The molecule has 158 valence electrons. The summed E-state index contributed by atoms with van der Waals surface area (Å²) in [6, 6.07) is 5.02. The first-order valence-electron chi connectivity index (χ1n) is 10.2. The molecule has 3 N–H and O–H groups in total. The monoisotopic (exact) mass is 420 g/mol. The lowest BCUT2D eigenvalue weighted by molar-refractivity contribution is -0.120. The Kier molecular flexibility index (Phi) is 6.19. The van der Waals surface area contributed by atoms with Gasteiger partial charge in [0.25, 0.3) is 5.56 Å². The molecule has 1 heterocycles. The summed E-state index contributed by atoms with van der Waals surface area (Å²) in [6.45, 7) is 4.34. The van der Waals surface area contributed by atoms with Crippen molar-refractivity contribution < 1.29 is 4.79 Å². The topological polar surface area (TPSA) is 99.1 Å². The molecule has 2 aliphatic rings. The number of anilines is 1. The zero-order chi connectivity index (χ0) is 20.0. The summed E-state index contributed by atoms with van der Waals surface area (Å²) in [7, 11) is 0. The molecule has 0 bridgehead atoms. The summed E-state index contributed by atoms with van der Waals surface area (Å²) in [5.41, 5.74) is 6.68. The fraction of sp³-hybridized carbons (Fsp3) is 0.571. The lowest BCUT2D eigenvalue weighted by Crippen LogP contribution is -2.41. The molecule has 0 saturated heterocycles. The summed E-state index contributed by atoms with van der Waals surface area (Å²) in [4.78, 5) is 38.5. The van der Waals surface area contributed by atoms with E-state index in [0.29, 0.717) is 29.1 Å². The van der Waals surface area contributed by atoms with Crippen molar-refractivity contribution in [2.45, 2.75) is 64.6 Å². The van der Waals surface area contributed by atoms with Crippen LogP contribution in [0.25, 0.3) is 10.9 Å². The van der Waals surface area contributed by atoms with E-state index in [9.17, 15) is 14.4 Å². The van der Waals surface area contributed by atoms with Crippen molar-refractivity contribution in [1.82, 2.24) is 9.13 Å². The second-order valence-corrected chi connectivity index (χ2v) is 8.53. The lowest BCUT2D eigenvalue weighted by Gasteiger charge is -2.18. The Hall–Kier alpha value is -2.12. The minimum Gasteiger partial charge on any atom is -0.327 e. The first kappa shape index (κ1) is 21.6. The molecule has 0 spiro atoms. The standard InChI is InChI=1S/C21H28N4O3.ClH/c1-12(2)25-18-9-8-14(23-19(26)15-4-3-5-17(15)22)10-16(18)20(27)24(21(25)28)11-13-6-7-13;/h8-10,12-13,15,17H,3-7,11,22H2,1-2H3,(H,23,26);1H. The van der Waals surface area contributed by atoms with Crippen molar-refractivity contribution in [1.29, 1.82) is 0 Å². The van der Waals surface area contributed by atoms with Crippen LogP contribution in [0.2, 0.25) is 0 Å². The fourth-order valence-corrected chi connectivity index (χ4v) is 4.23. The summed E-state index contributed by atoms with van der Waals surface area (Å²) in [5.74, 6) is 0.127. The maximum Gasteiger partial charge on any atom is 0.331 e. The zero-order valence-electron chi connectivity index (χ0n) is 16.9. The summed E-state index contributed by atoms with van der Waals surface area (Å²) in [6.07, 6.45) is 4.74. The van der Waals surface area contributed by atoms with Gasteiger partial charge in [-0.2, -0.15) is 0 Å². The number of amides is 1. The molecular weight excluding hydrogens is 392 g/mol. The van der Waals surface area contributed by atoms with Gasteiger partial charge in [0, 0.05) is 24.3 Å². The van der Waals surface area contributed by atoms with E-state index in [1.165, 1.54) is 4.57 Å². The highest BCUT2D eigenvalue weighted by Crippen LogP contribution is 2.30. The molecule has 2 atom stereocenters. The Labute approximate surface area is 175 Å². The van der Waals surface area contributed by atoms with E-state index in [2.05, 4.69) is 5.32 Å². The van der Waals surface area contributed by atoms with E-state index >= 15 is 0 Å². The predicted molar refractivity (Wildman–Crippen MR) is 117 cm³/mol. The van der Waals surface area contributed by atoms with Crippen LogP contribution in [0, 0.1) is 11.8 Å². The largest absolute Gasteiger partial charge is 0.331 e. The first-order chi connectivity index (χ1) is 13.4. The second kappa shape index (κ2) is 8.32. The molecule has 2 aliphatic carbocycles. The molecule has 8 heteroatoms. The highest BCUT2D eigenvalue weighted by molar-refractivity contribution is 5.95. The Morgan fingerprint density at radius 1 is 1.21 bits per heavy atom. The van der Waals surface area contributed by atoms with Gasteiger partial charge in [0.05, 0.1) is 16.8 Å². The Bertz CT molecular complexity index is 1040. The van der Waals surface area contributed by atoms with Crippen molar-refractivity contribution in [2.75, 3.05) is 5.32 Å². The SMILES string of the molecule is CC(C)n1c(=O)n(CC2CC2)c(=O)c2cc(NC(=O)C3CCCC3N)ccc21.Cl. The number of carbonyl (C=O) groups excluding carboxylic acids is 1. The van der Waals surface area contributed by atoms with Gasteiger partial charge < -0.3 is 11.1 Å². The minimum atomic E-state index is -0.280. The molecule has 0 aliphatic heterocycles. The summed E-state index contributed by atoms with van der Waals surface area (Å²) < 4.78 is 3.02. The van der Waals surface area contributed by atoms with Gasteiger partial charge in [-0.15, -0.1) is 12.4 Å². The highest BCUT2D eigenvalue weighted by Gasteiger charge is 2.30. The quantitative estimate of drug-likeness (QED) is 0.776. The molecule has 2 saturated carbocycles. The van der Waals surface area contributed by atoms with E-state index in [0.717, 1.165) is 32.1 Å². The van der Waals surface area contributed by atoms with Crippen molar-refractivity contribution in [2.24, 2.45) is 17.6 Å². The van der Waals surface area contributed by atoms with Gasteiger partial charge in [-0.1, -0.05) is 6.42 Å². The van der Waals surface area contributed by atoms with Crippen molar-refractivity contribution in [3.63, 3.8) is 0 Å². The molecule has 1 aromatic carbocycles. The van der Waals surface area contributed by atoms with Crippen LogP contribution in [0.15, 0.2) is 27.8 Å². The van der Waals surface area contributed by atoms with Crippen LogP contribution in [0.4, 0.5) is 5.69 Å². The van der Waals surface area contributed by atoms with Gasteiger partial charge in [0.2, 0.25) is 5.91 Å². The molecule has 2 fully saturated rings. The van der Waals surface area contributed by atoms with Crippen LogP contribution in [0.1, 0.15) is 52.0 Å².